The first-order valence-electron chi connectivity index (χ1n) is 3.96. The molecule has 0 unspecified atom stereocenters. The van der Waals surface area contributed by atoms with Crippen LogP contribution in [0.5, 0.6) is 0 Å². The zero-order chi connectivity index (χ0) is 9.97. The molecule has 0 N–H and O–H groups in total. The molecule has 0 aliphatic heterocycles. The fraction of sp³-hybridized carbons (Fsp3) is 0. The molecule has 0 atom stereocenters. The number of aromatic nitrogens is 1. The van der Waals surface area contributed by atoms with E-state index in [9.17, 15) is 4.79 Å². The van der Waals surface area contributed by atoms with Crippen LogP contribution in [0.4, 0.5) is 0 Å². The number of benzene rings is 1. The summed E-state index contributed by atoms with van der Waals surface area (Å²) in [6, 6.07) is 7.31. The van der Waals surface area contributed by atoms with E-state index in [1.165, 1.54) is 11.3 Å². The van der Waals surface area contributed by atoms with Crippen molar-refractivity contribution in [1.82, 2.24) is 4.98 Å². The lowest BCUT2D eigenvalue weighted by atomic mass is 10.1. The Hall–Kier alpha value is -1.00. The van der Waals surface area contributed by atoms with E-state index in [4.69, 9.17) is 0 Å². The number of rotatable bonds is 2. The maximum atomic E-state index is 11.8. The predicted molar refractivity (Wildman–Crippen MR) is 59.7 cm³/mol. The van der Waals surface area contributed by atoms with E-state index in [2.05, 4.69) is 20.9 Å². The third-order valence-electron chi connectivity index (χ3n) is 1.76. The first-order chi connectivity index (χ1) is 6.77. The van der Waals surface area contributed by atoms with Crippen molar-refractivity contribution in [3.8, 4) is 0 Å². The Kier molecular flexibility index (Phi) is 2.74. The van der Waals surface area contributed by atoms with Crippen LogP contribution < -0.4 is 0 Å². The molecule has 2 nitrogen and oxygen atoms in total. The molecular formula is C10H6BrNOS. The van der Waals surface area contributed by atoms with Crippen molar-refractivity contribution < 1.29 is 4.79 Å². The Labute approximate surface area is 93.7 Å². The summed E-state index contributed by atoms with van der Waals surface area (Å²) in [4.78, 5) is 16.3. The molecule has 1 aromatic heterocycles. The van der Waals surface area contributed by atoms with Crippen molar-refractivity contribution in [2.45, 2.75) is 0 Å². The number of carbonyl (C=O) groups is 1. The monoisotopic (exact) mass is 267 g/mol. The molecule has 0 saturated carbocycles. The maximum absolute atomic E-state index is 11.8. The molecule has 4 heteroatoms. The second kappa shape index (κ2) is 4.02. The van der Waals surface area contributed by atoms with E-state index in [1.54, 1.807) is 23.8 Å². The highest BCUT2D eigenvalue weighted by atomic mass is 79.9. The van der Waals surface area contributed by atoms with Gasteiger partial charge in [0.15, 0.2) is 0 Å². The molecule has 0 saturated heterocycles. The normalized spacial score (nSPS) is 10.1. The molecule has 0 spiro atoms. The van der Waals surface area contributed by atoms with Gasteiger partial charge in [-0.15, -0.1) is 11.3 Å². The molecule has 1 heterocycles. The molecule has 0 amide bonds. The average molecular weight is 268 g/mol. The molecule has 70 valence electrons. The van der Waals surface area contributed by atoms with Gasteiger partial charge in [-0.05, 0) is 24.3 Å². The molecule has 2 aromatic rings. The van der Waals surface area contributed by atoms with Gasteiger partial charge < -0.3 is 0 Å². The Bertz CT molecular complexity index is 436. The van der Waals surface area contributed by atoms with Gasteiger partial charge in [0.2, 0.25) is 5.78 Å². The van der Waals surface area contributed by atoms with Crippen molar-refractivity contribution in [2.75, 3.05) is 0 Å². The summed E-state index contributed by atoms with van der Waals surface area (Å²) in [5, 5.41) is 0. The summed E-state index contributed by atoms with van der Waals surface area (Å²) in [6.45, 7) is 0. The summed E-state index contributed by atoms with van der Waals surface area (Å²) in [5.41, 5.74) is 2.35. The fourth-order valence-corrected chi connectivity index (χ4v) is 1.92. The second-order valence-electron chi connectivity index (χ2n) is 2.70. The third-order valence-corrected chi connectivity index (χ3v) is 3.06. The first-order valence-corrected chi connectivity index (χ1v) is 5.63. The average Bonchev–Trinajstić information content (AvgIpc) is 2.71. The van der Waals surface area contributed by atoms with Crippen molar-refractivity contribution in [2.24, 2.45) is 0 Å². The number of halogens is 1. The van der Waals surface area contributed by atoms with Crippen molar-refractivity contribution in [3.63, 3.8) is 0 Å². The molecule has 1 aromatic carbocycles. The van der Waals surface area contributed by atoms with Crippen molar-refractivity contribution >= 4 is 33.0 Å². The highest BCUT2D eigenvalue weighted by molar-refractivity contribution is 9.10. The van der Waals surface area contributed by atoms with E-state index in [0.29, 0.717) is 10.4 Å². The number of ketones is 1. The van der Waals surface area contributed by atoms with Gasteiger partial charge in [-0.2, -0.15) is 0 Å². The Balaban J connectivity index is 2.33. The Morgan fingerprint density at radius 1 is 1.29 bits per heavy atom. The number of nitrogens with zero attached hydrogens (tertiary/aromatic N) is 1. The van der Waals surface area contributed by atoms with Crippen LogP contribution in [-0.2, 0) is 0 Å². The highest BCUT2D eigenvalue weighted by Gasteiger charge is 2.09. The van der Waals surface area contributed by atoms with Crippen LogP contribution in [0.15, 0.2) is 40.4 Å². The lowest BCUT2D eigenvalue weighted by molar-refractivity contribution is 0.104. The van der Waals surface area contributed by atoms with Crippen LogP contribution in [-0.4, -0.2) is 10.8 Å². The number of carbonyl (C=O) groups excluding carboxylic acids is 1. The molecule has 0 aliphatic rings. The van der Waals surface area contributed by atoms with Crippen LogP contribution in [0, 0.1) is 0 Å². The van der Waals surface area contributed by atoms with Gasteiger partial charge in [-0.3, -0.25) is 9.78 Å². The Morgan fingerprint density at radius 3 is 2.57 bits per heavy atom. The molecular weight excluding hydrogens is 262 g/mol. The smallest absolute Gasteiger partial charge is 0.204 e. The summed E-state index contributed by atoms with van der Waals surface area (Å²) in [7, 11) is 0. The van der Waals surface area contributed by atoms with Crippen LogP contribution in [0.3, 0.4) is 0 Å². The molecule has 0 bridgehead atoms. The molecule has 14 heavy (non-hydrogen) atoms. The maximum Gasteiger partial charge on any atom is 0.204 e. The molecule has 0 fully saturated rings. The lowest BCUT2D eigenvalue weighted by Crippen LogP contribution is -1.97. The summed E-state index contributed by atoms with van der Waals surface area (Å²) >= 11 is 4.68. The van der Waals surface area contributed by atoms with Crippen molar-refractivity contribution in [3.05, 3.63) is 50.9 Å². The van der Waals surface area contributed by atoms with Crippen LogP contribution >= 0.6 is 27.3 Å². The molecule has 0 aliphatic carbocycles. The van der Waals surface area contributed by atoms with Crippen LogP contribution in [0.1, 0.15) is 15.2 Å². The quantitative estimate of drug-likeness (QED) is 0.783. The van der Waals surface area contributed by atoms with Gasteiger partial charge in [0.05, 0.1) is 10.4 Å². The Morgan fingerprint density at radius 2 is 2.00 bits per heavy atom. The van der Waals surface area contributed by atoms with Gasteiger partial charge in [0.1, 0.15) is 0 Å². The topological polar surface area (TPSA) is 30.0 Å². The van der Waals surface area contributed by atoms with E-state index in [0.717, 1.165) is 4.47 Å². The zero-order valence-electron chi connectivity index (χ0n) is 7.11. The number of thiazole rings is 1. The SMILES string of the molecule is O=C(c1ccc(Br)cc1)c1cncs1. The van der Waals surface area contributed by atoms with E-state index >= 15 is 0 Å². The third kappa shape index (κ3) is 1.91. The fourth-order valence-electron chi connectivity index (χ4n) is 1.07. The summed E-state index contributed by atoms with van der Waals surface area (Å²) in [5.74, 6) is 0.0278. The van der Waals surface area contributed by atoms with Gasteiger partial charge in [0.25, 0.3) is 0 Å². The van der Waals surface area contributed by atoms with E-state index in [-0.39, 0.29) is 5.78 Å². The van der Waals surface area contributed by atoms with Gasteiger partial charge in [-0.1, -0.05) is 15.9 Å². The molecule has 2 rings (SSSR count). The standard InChI is InChI=1S/C10H6BrNOS/c11-8-3-1-7(2-4-8)10(13)9-5-12-6-14-9/h1-6H. The molecule has 0 radical (unpaired) electrons. The van der Waals surface area contributed by atoms with Crippen LogP contribution in [0.25, 0.3) is 0 Å². The predicted octanol–water partition coefficient (Wildman–Crippen LogP) is 3.14. The minimum atomic E-state index is 0.0278. The summed E-state index contributed by atoms with van der Waals surface area (Å²) < 4.78 is 0.971. The second-order valence-corrected chi connectivity index (χ2v) is 4.50. The van der Waals surface area contributed by atoms with Gasteiger partial charge in [-0.25, -0.2) is 0 Å². The number of hydrogen-bond donors (Lipinski definition) is 0. The zero-order valence-corrected chi connectivity index (χ0v) is 9.51. The first kappa shape index (κ1) is 9.55. The number of hydrogen-bond acceptors (Lipinski definition) is 3. The van der Waals surface area contributed by atoms with E-state index in [1.807, 2.05) is 12.1 Å². The highest BCUT2D eigenvalue weighted by Crippen LogP contribution is 2.16. The van der Waals surface area contributed by atoms with Gasteiger partial charge >= 0.3 is 0 Å². The minimum Gasteiger partial charge on any atom is -0.288 e. The largest absolute Gasteiger partial charge is 0.288 e. The summed E-state index contributed by atoms with van der Waals surface area (Å²) in [6.07, 6.45) is 1.59. The van der Waals surface area contributed by atoms with Crippen molar-refractivity contribution in [1.29, 1.82) is 0 Å². The van der Waals surface area contributed by atoms with E-state index < -0.39 is 0 Å². The lowest BCUT2D eigenvalue weighted by Gasteiger charge is -1.96. The minimum absolute atomic E-state index is 0.0278. The van der Waals surface area contributed by atoms with Gasteiger partial charge in [0, 0.05) is 16.2 Å². The van der Waals surface area contributed by atoms with Crippen LogP contribution in [0.2, 0.25) is 0 Å².